The number of halogens is 1. The Hall–Kier alpha value is -3.04. The van der Waals surface area contributed by atoms with Crippen molar-refractivity contribution in [2.24, 2.45) is 0 Å². The number of fused-ring (bicyclic) bond motifs is 1. The van der Waals surface area contributed by atoms with Crippen LogP contribution >= 0.6 is 28.1 Å². The Morgan fingerprint density at radius 3 is 2.64 bits per heavy atom. The first-order chi connectivity index (χ1) is 13.5. The monoisotopic (exact) mass is 455 g/mol. The van der Waals surface area contributed by atoms with E-state index in [1.807, 2.05) is 18.3 Å². The van der Waals surface area contributed by atoms with Crippen LogP contribution in [0.4, 0.5) is 0 Å². The summed E-state index contributed by atoms with van der Waals surface area (Å²) in [6.45, 7) is 0.586. The highest BCUT2D eigenvalue weighted by molar-refractivity contribution is 9.10. The number of hydrogen-bond acceptors (Lipinski definition) is 4. The minimum Gasteiger partial charge on any atom is -0.330 e. The van der Waals surface area contributed by atoms with Crippen LogP contribution in [0.25, 0.3) is 10.9 Å². The summed E-state index contributed by atoms with van der Waals surface area (Å²) in [5.41, 5.74) is 4.22. The number of carbonyl (C=O) groups is 1. The molecule has 0 atom stereocenters. The molecule has 2 aromatic heterocycles. The molecule has 28 heavy (non-hydrogen) atoms. The number of nitrogens with one attached hydrogen (secondary N) is 2. The number of benzene rings is 2. The Bertz CT molecular complexity index is 1290. The number of aromatic amines is 1. The van der Waals surface area contributed by atoms with Gasteiger partial charge in [0, 0.05) is 11.8 Å². The number of aromatic nitrogens is 4. The summed E-state index contributed by atoms with van der Waals surface area (Å²) in [6, 6.07) is 14.1. The van der Waals surface area contributed by atoms with Gasteiger partial charge in [-0.15, -0.1) is 0 Å². The van der Waals surface area contributed by atoms with E-state index in [2.05, 4.69) is 31.4 Å². The van der Waals surface area contributed by atoms with E-state index < -0.39 is 5.91 Å². The molecule has 140 valence electrons. The Balaban J connectivity index is 1.56. The van der Waals surface area contributed by atoms with Gasteiger partial charge >= 0.3 is 0 Å². The second-order valence-electron chi connectivity index (χ2n) is 6.11. The van der Waals surface area contributed by atoms with E-state index in [9.17, 15) is 9.59 Å². The predicted molar refractivity (Wildman–Crippen MR) is 113 cm³/mol. The van der Waals surface area contributed by atoms with E-state index in [4.69, 9.17) is 12.2 Å². The van der Waals surface area contributed by atoms with Crippen LogP contribution in [-0.2, 0) is 6.54 Å². The molecule has 4 rings (SSSR count). The fraction of sp³-hybridized carbons (Fsp3) is 0.0526. The second-order valence-corrected chi connectivity index (χ2v) is 7.41. The number of nitrogens with zero attached hydrogens (tertiary/aromatic N) is 3. The van der Waals surface area contributed by atoms with E-state index in [1.165, 1.54) is 0 Å². The van der Waals surface area contributed by atoms with Gasteiger partial charge in [-0.1, -0.05) is 24.3 Å². The molecule has 7 nitrogen and oxygen atoms in total. The van der Waals surface area contributed by atoms with Crippen molar-refractivity contribution < 1.29 is 4.79 Å². The lowest BCUT2D eigenvalue weighted by Gasteiger charge is -2.10. The maximum absolute atomic E-state index is 12.6. The molecule has 0 saturated heterocycles. The zero-order chi connectivity index (χ0) is 19.7. The molecule has 0 saturated carbocycles. The lowest BCUT2D eigenvalue weighted by molar-refractivity contribution is 0.101. The largest absolute Gasteiger partial charge is 0.330 e. The first-order valence-corrected chi connectivity index (χ1v) is 9.54. The number of rotatable bonds is 4. The van der Waals surface area contributed by atoms with Gasteiger partial charge in [-0.05, 0) is 58.0 Å². The van der Waals surface area contributed by atoms with Crippen LogP contribution in [0.15, 0.2) is 70.2 Å². The van der Waals surface area contributed by atoms with Crippen LogP contribution in [0.5, 0.6) is 0 Å². The third-order valence-corrected chi connectivity index (χ3v) is 4.88. The quantitative estimate of drug-likeness (QED) is 0.461. The number of amides is 1. The predicted octanol–water partition coefficient (Wildman–Crippen LogP) is 3.45. The Morgan fingerprint density at radius 2 is 1.93 bits per heavy atom. The molecule has 0 bridgehead atoms. The molecule has 0 spiro atoms. The van der Waals surface area contributed by atoms with Crippen molar-refractivity contribution in [1.82, 2.24) is 19.4 Å². The maximum Gasteiger partial charge on any atom is 0.281 e. The summed E-state index contributed by atoms with van der Waals surface area (Å²) < 4.78 is 3.86. The lowest BCUT2D eigenvalue weighted by Crippen LogP contribution is -2.34. The molecule has 0 aliphatic heterocycles. The van der Waals surface area contributed by atoms with Gasteiger partial charge in [-0.3, -0.25) is 19.7 Å². The second kappa shape index (κ2) is 7.53. The van der Waals surface area contributed by atoms with Crippen LogP contribution in [0.1, 0.15) is 15.9 Å². The van der Waals surface area contributed by atoms with E-state index in [0.717, 1.165) is 14.7 Å². The lowest BCUT2D eigenvalue weighted by atomic mass is 10.1. The van der Waals surface area contributed by atoms with Crippen molar-refractivity contribution in [3.63, 3.8) is 0 Å². The van der Waals surface area contributed by atoms with Gasteiger partial charge in [-0.25, -0.2) is 0 Å². The molecule has 0 radical (unpaired) electrons. The Morgan fingerprint density at radius 1 is 1.18 bits per heavy atom. The molecule has 0 fully saturated rings. The summed E-state index contributed by atoms with van der Waals surface area (Å²) >= 11 is 8.57. The normalized spacial score (nSPS) is 10.9. The maximum atomic E-state index is 12.6. The van der Waals surface area contributed by atoms with Gasteiger partial charge in [0.1, 0.15) is 0 Å². The fourth-order valence-electron chi connectivity index (χ4n) is 2.80. The summed E-state index contributed by atoms with van der Waals surface area (Å²) in [5, 5.41) is 4.65. The number of H-pyrrole nitrogens is 1. The zero-order valence-corrected chi connectivity index (χ0v) is 16.8. The first kappa shape index (κ1) is 18.3. The highest BCUT2D eigenvalue weighted by atomic mass is 79.9. The molecule has 0 unspecified atom stereocenters. The van der Waals surface area contributed by atoms with Crippen LogP contribution in [0.2, 0.25) is 0 Å². The fourth-order valence-corrected chi connectivity index (χ4v) is 3.37. The standard InChI is InChI=1S/C19H14BrN5O2S/c20-14-9-21-24(11-14)10-12-5-7-13(8-6-12)17(26)23-25-18(27)15-3-1-2-4-16(15)22-19(25)28/h1-9,11H,10H2,(H,22,28)(H,23,26). The van der Waals surface area contributed by atoms with Crippen molar-refractivity contribution in [2.75, 3.05) is 5.43 Å². The number of para-hydroxylation sites is 1. The van der Waals surface area contributed by atoms with E-state index in [1.54, 1.807) is 47.3 Å². The van der Waals surface area contributed by atoms with Crippen molar-refractivity contribution in [3.05, 3.63) is 91.6 Å². The molecule has 9 heteroatoms. The minimum absolute atomic E-state index is 0.123. The summed E-state index contributed by atoms with van der Waals surface area (Å²) in [4.78, 5) is 28.1. The highest BCUT2D eigenvalue weighted by Crippen LogP contribution is 2.11. The molecule has 2 aromatic carbocycles. The molecular formula is C19H14BrN5O2S. The average molecular weight is 456 g/mol. The van der Waals surface area contributed by atoms with Gasteiger partial charge < -0.3 is 4.98 Å². The zero-order valence-electron chi connectivity index (χ0n) is 14.4. The van der Waals surface area contributed by atoms with Gasteiger partial charge in [-0.2, -0.15) is 9.77 Å². The average Bonchev–Trinajstić information content (AvgIpc) is 3.10. The molecule has 0 aliphatic carbocycles. The summed E-state index contributed by atoms with van der Waals surface area (Å²) in [7, 11) is 0. The van der Waals surface area contributed by atoms with Crippen molar-refractivity contribution in [3.8, 4) is 0 Å². The first-order valence-electron chi connectivity index (χ1n) is 8.33. The van der Waals surface area contributed by atoms with Gasteiger partial charge in [0.2, 0.25) is 0 Å². The van der Waals surface area contributed by atoms with Crippen LogP contribution in [0, 0.1) is 4.77 Å². The molecule has 4 aromatic rings. The van der Waals surface area contributed by atoms with Gasteiger partial charge in [0.15, 0.2) is 4.77 Å². The summed E-state index contributed by atoms with van der Waals surface area (Å²) in [5.74, 6) is -0.426. The minimum atomic E-state index is -0.426. The molecule has 2 heterocycles. The molecule has 1 amide bonds. The molecule has 2 N–H and O–H groups in total. The highest BCUT2D eigenvalue weighted by Gasteiger charge is 2.10. The van der Waals surface area contributed by atoms with E-state index in [-0.39, 0.29) is 10.3 Å². The third kappa shape index (κ3) is 3.67. The van der Waals surface area contributed by atoms with Crippen molar-refractivity contribution >= 4 is 45.0 Å². The van der Waals surface area contributed by atoms with E-state index in [0.29, 0.717) is 23.0 Å². The van der Waals surface area contributed by atoms with Crippen LogP contribution < -0.4 is 11.0 Å². The Labute approximate surface area is 172 Å². The van der Waals surface area contributed by atoms with Crippen molar-refractivity contribution in [2.45, 2.75) is 6.54 Å². The van der Waals surface area contributed by atoms with Crippen LogP contribution in [-0.4, -0.2) is 25.3 Å². The molecule has 0 aliphatic rings. The topological polar surface area (TPSA) is 84.7 Å². The smallest absolute Gasteiger partial charge is 0.281 e. The van der Waals surface area contributed by atoms with Crippen LogP contribution in [0.3, 0.4) is 0 Å². The third-order valence-electron chi connectivity index (χ3n) is 4.18. The van der Waals surface area contributed by atoms with E-state index >= 15 is 0 Å². The van der Waals surface area contributed by atoms with Crippen molar-refractivity contribution in [1.29, 1.82) is 0 Å². The number of carbonyl (C=O) groups excluding carboxylic acids is 1. The number of hydrogen-bond donors (Lipinski definition) is 2. The SMILES string of the molecule is O=C(Nn1c(=S)[nH]c2ccccc2c1=O)c1ccc(Cn2cc(Br)cn2)cc1. The summed E-state index contributed by atoms with van der Waals surface area (Å²) in [6.07, 6.45) is 3.58. The van der Waals surface area contributed by atoms with Gasteiger partial charge in [0.25, 0.3) is 11.5 Å². The van der Waals surface area contributed by atoms with Gasteiger partial charge in [0.05, 0.1) is 28.1 Å². The molecular weight excluding hydrogens is 442 g/mol. The Kier molecular flexibility index (Phi) is 4.93.